The van der Waals surface area contributed by atoms with Crippen LogP contribution in [0.3, 0.4) is 0 Å². The third-order valence-corrected chi connectivity index (χ3v) is 9.22. The first-order valence-electron chi connectivity index (χ1n) is 11.6. The summed E-state index contributed by atoms with van der Waals surface area (Å²) in [5, 5.41) is 0.859. The van der Waals surface area contributed by atoms with Crippen LogP contribution in [0.2, 0.25) is 10.0 Å². The minimum atomic E-state index is -3.86. The molecule has 6 rings (SSSR count). The Morgan fingerprint density at radius 3 is 1.30 bits per heavy atom. The van der Waals surface area contributed by atoms with Crippen molar-refractivity contribution in [1.29, 1.82) is 0 Å². The summed E-state index contributed by atoms with van der Waals surface area (Å²) in [4.78, 5) is 14.8. The maximum absolute atomic E-state index is 12.7. The van der Waals surface area contributed by atoms with Crippen molar-refractivity contribution in [3.8, 4) is 11.1 Å². The van der Waals surface area contributed by atoms with E-state index in [0.29, 0.717) is 32.1 Å². The van der Waals surface area contributed by atoms with Gasteiger partial charge in [-0.3, -0.25) is 0 Å². The largest absolute Gasteiger partial charge is 0.323 e. The molecule has 4 aromatic carbocycles. The van der Waals surface area contributed by atoms with E-state index in [1.807, 2.05) is 24.3 Å². The quantitative estimate of drug-likeness (QED) is 0.173. The van der Waals surface area contributed by atoms with E-state index >= 15 is 0 Å². The lowest BCUT2D eigenvalue weighted by atomic mass is 10.0. The topological polar surface area (TPSA) is 150 Å². The summed E-state index contributed by atoms with van der Waals surface area (Å²) in [5.41, 5.74) is 4.02. The van der Waals surface area contributed by atoms with Gasteiger partial charge in [-0.15, -0.1) is 0 Å². The Labute approximate surface area is 238 Å². The molecule has 0 aliphatic rings. The number of fused-ring (bicyclic) bond motifs is 2. The van der Waals surface area contributed by atoms with E-state index in [1.165, 1.54) is 48.5 Å². The molecule has 2 aromatic heterocycles. The summed E-state index contributed by atoms with van der Waals surface area (Å²) < 4.78 is 55.8. The van der Waals surface area contributed by atoms with E-state index in [0.717, 1.165) is 11.1 Å². The number of halogens is 2. The van der Waals surface area contributed by atoms with Gasteiger partial charge in [0.15, 0.2) is 0 Å². The number of nitrogens with zero attached hydrogens (tertiary/aromatic N) is 2. The van der Waals surface area contributed by atoms with Crippen LogP contribution in [0.25, 0.3) is 33.2 Å². The van der Waals surface area contributed by atoms with Gasteiger partial charge in [0, 0.05) is 10.0 Å². The summed E-state index contributed by atoms with van der Waals surface area (Å²) >= 11 is 11.7. The van der Waals surface area contributed by atoms with Crippen LogP contribution < -0.4 is 9.44 Å². The molecule has 6 aromatic rings. The first-order valence-corrected chi connectivity index (χ1v) is 15.3. The Kier molecular flexibility index (Phi) is 6.42. The van der Waals surface area contributed by atoms with Gasteiger partial charge in [0.1, 0.15) is 0 Å². The average Bonchev–Trinajstić information content (AvgIpc) is 3.49. The molecule has 0 saturated heterocycles. The molecular formula is C26H18Cl2N6O4S2. The minimum Gasteiger partial charge on any atom is -0.323 e. The van der Waals surface area contributed by atoms with Crippen LogP contribution >= 0.6 is 23.2 Å². The summed E-state index contributed by atoms with van der Waals surface area (Å²) in [5.74, 6) is 0.146. The van der Waals surface area contributed by atoms with E-state index in [1.54, 1.807) is 12.1 Å². The van der Waals surface area contributed by atoms with Crippen molar-refractivity contribution >= 4 is 77.2 Å². The Bertz CT molecular complexity index is 1960. The molecule has 202 valence electrons. The number of aromatic amines is 2. The number of H-pyrrole nitrogens is 2. The number of imidazole rings is 2. The second-order valence-corrected chi connectivity index (χ2v) is 13.0. The van der Waals surface area contributed by atoms with Gasteiger partial charge >= 0.3 is 0 Å². The molecule has 0 aliphatic heterocycles. The first kappa shape index (κ1) is 26.1. The van der Waals surface area contributed by atoms with Crippen molar-refractivity contribution in [3.05, 3.63) is 95.0 Å². The third-order valence-electron chi connectivity index (χ3n) is 6.01. The highest BCUT2D eigenvalue weighted by atomic mass is 35.5. The number of nitrogens with one attached hydrogen (secondary N) is 4. The lowest BCUT2D eigenvalue weighted by Crippen LogP contribution is -2.13. The smallest absolute Gasteiger partial charge is 0.264 e. The fourth-order valence-electron chi connectivity index (χ4n) is 4.07. The highest BCUT2D eigenvalue weighted by Crippen LogP contribution is 2.28. The Hall–Kier alpha value is -4.10. The molecule has 0 aliphatic carbocycles. The van der Waals surface area contributed by atoms with Gasteiger partial charge in [-0.05, 0) is 83.9 Å². The number of benzene rings is 4. The fraction of sp³-hybridized carbons (Fsp3) is 0. The normalized spacial score (nSPS) is 12.2. The highest BCUT2D eigenvalue weighted by molar-refractivity contribution is 7.93. The van der Waals surface area contributed by atoms with Crippen LogP contribution in [-0.4, -0.2) is 36.8 Å². The molecule has 0 saturated carbocycles. The fourth-order valence-corrected chi connectivity index (χ4v) is 6.25. The predicted octanol–water partition coefficient (Wildman–Crippen LogP) is 6.01. The number of aromatic nitrogens is 4. The van der Waals surface area contributed by atoms with E-state index in [9.17, 15) is 16.8 Å². The summed E-state index contributed by atoms with van der Waals surface area (Å²) in [7, 11) is -7.73. The zero-order valence-electron chi connectivity index (χ0n) is 20.2. The summed E-state index contributed by atoms with van der Waals surface area (Å²) in [6.07, 6.45) is 0. The van der Waals surface area contributed by atoms with Gasteiger partial charge in [0.2, 0.25) is 11.9 Å². The van der Waals surface area contributed by atoms with Gasteiger partial charge in [-0.1, -0.05) is 35.3 Å². The van der Waals surface area contributed by atoms with Gasteiger partial charge in [-0.2, -0.15) is 0 Å². The highest BCUT2D eigenvalue weighted by Gasteiger charge is 2.18. The van der Waals surface area contributed by atoms with E-state index in [4.69, 9.17) is 23.2 Å². The molecule has 14 heteroatoms. The van der Waals surface area contributed by atoms with Crippen molar-refractivity contribution in [2.24, 2.45) is 0 Å². The maximum atomic E-state index is 12.7. The minimum absolute atomic E-state index is 0.0562. The van der Waals surface area contributed by atoms with E-state index in [-0.39, 0.29) is 21.7 Å². The first-order chi connectivity index (χ1) is 19.1. The molecule has 2 heterocycles. The van der Waals surface area contributed by atoms with Crippen molar-refractivity contribution in [2.45, 2.75) is 9.79 Å². The van der Waals surface area contributed by atoms with Crippen LogP contribution in [0, 0.1) is 0 Å². The Balaban J connectivity index is 1.25. The lowest BCUT2D eigenvalue weighted by Gasteiger charge is -2.05. The lowest BCUT2D eigenvalue weighted by molar-refractivity contribution is 0.599. The van der Waals surface area contributed by atoms with Crippen molar-refractivity contribution in [1.82, 2.24) is 19.9 Å². The van der Waals surface area contributed by atoms with Crippen LogP contribution in [0.5, 0.6) is 0 Å². The maximum Gasteiger partial charge on any atom is 0.264 e. The molecule has 10 nitrogen and oxygen atoms in total. The zero-order valence-corrected chi connectivity index (χ0v) is 23.3. The van der Waals surface area contributed by atoms with Crippen LogP contribution in [0.4, 0.5) is 11.9 Å². The molecule has 0 fully saturated rings. The second-order valence-electron chi connectivity index (χ2n) is 8.75. The predicted molar refractivity (Wildman–Crippen MR) is 156 cm³/mol. The van der Waals surface area contributed by atoms with E-state index in [2.05, 4.69) is 29.4 Å². The summed E-state index contributed by atoms with van der Waals surface area (Å²) in [6, 6.07) is 22.5. The second kappa shape index (κ2) is 9.82. The van der Waals surface area contributed by atoms with Crippen LogP contribution in [0.15, 0.2) is 94.7 Å². The Morgan fingerprint density at radius 2 is 0.925 bits per heavy atom. The number of rotatable bonds is 7. The molecule has 0 amide bonds. The van der Waals surface area contributed by atoms with Crippen LogP contribution in [-0.2, 0) is 20.0 Å². The number of hydrogen-bond donors (Lipinski definition) is 4. The molecular weight excluding hydrogens is 595 g/mol. The van der Waals surface area contributed by atoms with Gasteiger partial charge < -0.3 is 9.97 Å². The molecule has 0 unspecified atom stereocenters. The van der Waals surface area contributed by atoms with Gasteiger partial charge in [0.05, 0.1) is 31.9 Å². The van der Waals surface area contributed by atoms with Crippen molar-refractivity contribution < 1.29 is 16.8 Å². The van der Waals surface area contributed by atoms with Crippen LogP contribution in [0.1, 0.15) is 0 Å². The Morgan fingerprint density at radius 1 is 0.550 bits per heavy atom. The molecule has 0 atom stereocenters. The number of sulfonamides is 2. The molecule has 4 N–H and O–H groups in total. The average molecular weight is 614 g/mol. The van der Waals surface area contributed by atoms with E-state index < -0.39 is 20.0 Å². The standard InChI is InChI=1S/C26H18Cl2N6O4S2/c27-17-3-7-19(8-4-17)39(35,36)33-25-29-21-11-1-15(13-23(21)31-25)16-2-12-22-24(14-16)32-26(30-22)34-40(37,38)20-9-5-18(28)6-10-20/h1-14H,(H2,29,31,33)(H2,30,32,34). The molecule has 0 spiro atoms. The third kappa shape index (κ3) is 5.21. The van der Waals surface area contributed by atoms with Crippen molar-refractivity contribution in [3.63, 3.8) is 0 Å². The SMILES string of the molecule is O=S(=O)(Nc1nc2ccc(-c3ccc4nc(NS(=O)(=O)c5ccc(Cl)cc5)[nH]c4c3)cc2[nH]1)c1ccc(Cl)cc1. The monoisotopic (exact) mass is 612 g/mol. The van der Waals surface area contributed by atoms with Crippen molar-refractivity contribution in [2.75, 3.05) is 9.44 Å². The number of anilines is 2. The molecule has 0 radical (unpaired) electrons. The summed E-state index contributed by atoms with van der Waals surface area (Å²) in [6.45, 7) is 0. The van der Waals surface area contributed by atoms with Gasteiger partial charge in [0.25, 0.3) is 20.0 Å². The number of hydrogen-bond acceptors (Lipinski definition) is 6. The zero-order chi connectivity index (χ0) is 28.1. The molecule has 0 bridgehead atoms. The van der Waals surface area contributed by atoms with Gasteiger partial charge in [-0.25, -0.2) is 36.2 Å². The molecule has 40 heavy (non-hydrogen) atoms.